The fourth-order valence-electron chi connectivity index (χ4n) is 3.88. The summed E-state index contributed by atoms with van der Waals surface area (Å²) in [7, 11) is 1.66. The number of hydrogen-bond donors (Lipinski definition) is 1. The number of imidazole rings is 1. The standard InChI is InChI=1S/C27H28N2O4/c1-32-22-16-14-20(15-17-22)27-28-23-10-5-6-11-24(23)29(27)19-21-9-4-7-12-25(21)33-18-8-2-3-13-26(30)31/h4-7,9-12,14-17H,2-3,8,13,18-19H2,1H3,(H,30,31). The van der Waals surface area contributed by atoms with Gasteiger partial charge in [-0.2, -0.15) is 0 Å². The zero-order chi connectivity index (χ0) is 23.0. The lowest BCUT2D eigenvalue weighted by atomic mass is 10.1. The van der Waals surface area contributed by atoms with E-state index in [1.54, 1.807) is 7.11 Å². The maximum atomic E-state index is 10.7. The highest BCUT2D eigenvalue weighted by Crippen LogP contribution is 2.29. The molecule has 6 nitrogen and oxygen atoms in total. The van der Waals surface area contributed by atoms with E-state index in [0.717, 1.165) is 52.3 Å². The van der Waals surface area contributed by atoms with Crippen molar-refractivity contribution >= 4 is 17.0 Å². The minimum Gasteiger partial charge on any atom is -0.497 e. The van der Waals surface area contributed by atoms with Crippen LogP contribution in [0, 0.1) is 0 Å². The van der Waals surface area contributed by atoms with Crippen molar-refractivity contribution in [3.63, 3.8) is 0 Å². The minimum atomic E-state index is -0.749. The quantitative estimate of drug-likeness (QED) is 0.297. The predicted octanol–water partition coefficient (Wildman–Crippen LogP) is 5.78. The Kier molecular flexibility index (Phi) is 7.25. The number of aromatic nitrogens is 2. The van der Waals surface area contributed by atoms with Crippen LogP contribution in [-0.4, -0.2) is 34.3 Å². The zero-order valence-electron chi connectivity index (χ0n) is 18.7. The molecule has 0 spiro atoms. The van der Waals surface area contributed by atoms with Gasteiger partial charge in [-0.3, -0.25) is 4.79 Å². The van der Waals surface area contributed by atoms with Crippen molar-refractivity contribution < 1.29 is 19.4 Å². The van der Waals surface area contributed by atoms with Gasteiger partial charge in [0.1, 0.15) is 17.3 Å². The van der Waals surface area contributed by atoms with Gasteiger partial charge in [-0.25, -0.2) is 4.98 Å². The number of unbranched alkanes of at least 4 members (excludes halogenated alkanes) is 2. The van der Waals surface area contributed by atoms with E-state index in [-0.39, 0.29) is 6.42 Å². The van der Waals surface area contributed by atoms with Gasteiger partial charge in [0, 0.05) is 17.5 Å². The molecule has 0 aliphatic rings. The van der Waals surface area contributed by atoms with Crippen LogP contribution in [0.1, 0.15) is 31.2 Å². The van der Waals surface area contributed by atoms with Gasteiger partial charge in [0.05, 0.1) is 31.3 Å². The highest BCUT2D eigenvalue weighted by Gasteiger charge is 2.15. The number of benzene rings is 3. The Hall–Kier alpha value is -3.80. The Morgan fingerprint density at radius 1 is 0.939 bits per heavy atom. The van der Waals surface area contributed by atoms with Crippen LogP contribution in [0.5, 0.6) is 11.5 Å². The number of hydrogen-bond acceptors (Lipinski definition) is 4. The number of nitrogens with zero attached hydrogens (tertiary/aromatic N) is 2. The summed E-state index contributed by atoms with van der Waals surface area (Å²) in [4.78, 5) is 15.6. The van der Waals surface area contributed by atoms with Crippen molar-refractivity contribution in [3.8, 4) is 22.9 Å². The second-order valence-corrected chi connectivity index (χ2v) is 7.90. The fourth-order valence-corrected chi connectivity index (χ4v) is 3.88. The van der Waals surface area contributed by atoms with E-state index in [2.05, 4.69) is 16.7 Å². The van der Waals surface area contributed by atoms with Gasteiger partial charge < -0.3 is 19.1 Å². The monoisotopic (exact) mass is 444 g/mol. The number of fused-ring (bicyclic) bond motifs is 1. The lowest BCUT2D eigenvalue weighted by molar-refractivity contribution is -0.137. The first-order valence-electron chi connectivity index (χ1n) is 11.2. The highest BCUT2D eigenvalue weighted by atomic mass is 16.5. The van der Waals surface area contributed by atoms with Crippen LogP contribution in [0.2, 0.25) is 0 Å². The molecule has 6 heteroatoms. The van der Waals surface area contributed by atoms with Crippen molar-refractivity contribution in [2.24, 2.45) is 0 Å². The van der Waals surface area contributed by atoms with E-state index in [9.17, 15) is 4.79 Å². The first-order chi connectivity index (χ1) is 16.2. The molecular weight excluding hydrogens is 416 g/mol. The highest BCUT2D eigenvalue weighted by molar-refractivity contribution is 5.81. The third kappa shape index (κ3) is 5.52. The van der Waals surface area contributed by atoms with Crippen LogP contribution >= 0.6 is 0 Å². The summed E-state index contributed by atoms with van der Waals surface area (Å²) >= 11 is 0. The van der Waals surface area contributed by atoms with E-state index in [1.807, 2.05) is 60.7 Å². The number of carbonyl (C=O) groups is 1. The predicted molar refractivity (Wildman–Crippen MR) is 129 cm³/mol. The summed E-state index contributed by atoms with van der Waals surface area (Å²) in [6.07, 6.45) is 2.54. The summed E-state index contributed by atoms with van der Waals surface area (Å²) in [6, 6.07) is 24.1. The van der Waals surface area contributed by atoms with Gasteiger partial charge in [-0.1, -0.05) is 30.3 Å². The molecule has 4 aromatic rings. The second-order valence-electron chi connectivity index (χ2n) is 7.90. The molecule has 0 radical (unpaired) electrons. The number of carboxylic acid groups (broad SMARTS) is 1. The van der Waals surface area contributed by atoms with E-state index < -0.39 is 5.97 Å². The molecule has 1 aromatic heterocycles. The first-order valence-corrected chi connectivity index (χ1v) is 11.2. The smallest absolute Gasteiger partial charge is 0.303 e. The molecule has 0 saturated carbocycles. The van der Waals surface area contributed by atoms with Crippen LogP contribution in [0.25, 0.3) is 22.4 Å². The lowest BCUT2D eigenvalue weighted by Gasteiger charge is -2.14. The molecule has 1 heterocycles. The normalized spacial score (nSPS) is 10.9. The average Bonchev–Trinajstić information content (AvgIpc) is 3.20. The van der Waals surface area contributed by atoms with Gasteiger partial charge >= 0.3 is 5.97 Å². The molecule has 0 fully saturated rings. The molecule has 4 rings (SSSR count). The van der Waals surface area contributed by atoms with Gasteiger partial charge in [0.25, 0.3) is 0 Å². The molecule has 0 aliphatic heterocycles. The third-order valence-corrected chi connectivity index (χ3v) is 5.60. The number of rotatable bonds is 11. The Morgan fingerprint density at radius 3 is 2.48 bits per heavy atom. The maximum absolute atomic E-state index is 10.7. The third-order valence-electron chi connectivity index (χ3n) is 5.60. The lowest BCUT2D eigenvalue weighted by Crippen LogP contribution is -2.06. The minimum absolute atomic E-state index is 0.207. The molecule has 0 amide bonds. The number of aliphatic carboxylic acids is 1. The average molecular weight is 445 g/mol. The van der Waals surface area contributed by atoms with Gasteiger partial charge in [-0.05, 0) is 61.7 Å². The van der Waals surface area contributed by atoms with Crippen molar-refractivity contribution in [1.29, 1.82) is 0 Å². The van der Waals surface area contributed by atoms with Crippen LogP contribution in [0.3, 0.4) is 0 Å². The molecule has 0 unspecified atom stereocenters. The molecule has 3 aromatic carbocycles. The number of para-hydroxylation sites is 3. The van der Waals surface area contributed by atoms with E-state index in [4.69, 9.17) is 19.6 Å². The van der Waals surface area contributed by atoms with Crippen LogP contribution < -0.4 is 9.47 Å². The van der Waals surface area contributed by atoms with Crippen molar-refractivity contribution in [3.05, 3.63) is 78.4 Å². The van der Waals surface area contributed by atoms with Crippen molar-refractivity contribution in [1.82, 2.24) is 9.55 Å². The summed E-state index contributed by atoms with van der Waals surface area (Å²) in [5.74, 6) is 1.79. The van der Waals surface area contributed by atoms with E-state index in [0.29, 0.717) is 19.6 Å². The summed E-state index contributed by atoms with van der Waals surface area (Å²) in [6.45, 7) is 1.18. The van der Waals surface area contributed by atoms with Gasteiger partial charge in [0.15, 0.2) is 0 Å². The number of carboxylic acids is 1. The summed E-state index contributed by atoms with van der Waals surface area (Å²) in [5.41, 5.74) is 4.09. The molecule has 33 heavy (non-hydrogen) atoms. The Labute approximate surface area is 193 Å². The van der Waals surface area contributed by atoms with Gasteiger partial charge in [0.2, 0.25) is 0 Å². The molecule has 0 atom stereocenters. The number of ether oxygens (including phenoxy) is 2. The molecule has 0 bridgehead atoms. The van der Waals surface area contributed by atoms with Crippen molar-refractivity contribution in [2.45, 2.75) is 32.2 Å². The Balaban J connectivity index is 1.57. The first kappa shape index (κ1) is 22.4. The summed E-state index contributed by atoms with van der Waals surface area (Å²) < 4.78 is 13.6. The Morgan fingerprint density at radius 2 is 1.70 bits per heavy atom. The largest absolute Gasteiger partial charge is 0.497 e. The molecular formula is C27H28N2O4. The zero-order valence-corrected chi connectivity index (χ0v) is 18.7. The van der Waals surface area contributed by atoms with Crippen LogP contribution in [0.15, 0.2) is 72.8 Å². The SMILES string of the molecule is COc1ccc(-c2nc3ccccc3n2Cc2ccccc2OCCCCCC(=O)O)cc1. The van der Waals surface area contributed by atoms with Gasteiger partial charge in [-0.15, -0.1) is 0 Å². The molecule has 0 saturated heterocycles. The van der Waals surface area contributed by atoms with Crippen molar-refractivity contribution in [2.75, 3.05) is 13.7 Å². The van der Waals surface area contributed by atoms with E-state index in [1.165, 1.54) is 0 Å². The van der Waals surface area contributed by atoms with Crippen LogP contribution in [-0.2, 0) is 11.3 Å². The van der Waals surface area contributed by atoms with Crippen LogP contribution in [0.4, 0.5) is 0 Å². The Bertz CT molecular complexity index is 1210. The number of methoxy groups -OCH3 is 1. The molecule has 0 aliphatic carbocycles. The maximum Gasteiger partial charge on any atom is 0.303 e. The summed E-state index contributed by atoms with van der Waals surface area (Å²) in [5, 5.41) is 8.77. The molecule has 1 N–H and O–H groups in total. The van der Waals surface area contributed by atoms with E-state index >= 15 is 0 Å². The molecule has 170 valence electrons. The topological polar surface area (TPSA) is 73.6 Å². The second kappa shape index (κ2) is 10.7. The fraction of sp³-hybridized carbons (Fsp3) is 0.259.